The molecule has 0 unspecified atom stereocenters. The number of ether oxygens (including phenoxy) is 2. The number of rotatable bonds is 5. The minimum Gasteiger partial charge on any atom is -0.454 e. The van der Waals surface area contributed by atoms with Crippen LogP contribution in [0.4, 0.5) is 4.39 Å². The van der Waals surface area contributed by atoms with Crippen molar-refractivity contribution in [2.24, 2.45) is 0 Å². The molecule has 0 spiro atoms. The van der Waals surface area contributed by atoms with Crippen LogP contribution in [0.5, 0.6) is 11.5 Å². The van der Waals surface area contributed by atoms with Crippen molar-refractivity contribution < 1.29 is 27.1 Å². The molecule has 1 heterocycles. The minimum absolute atomic E-state index is 0.125. The number of benzene rings is 2. The summed E-state index contributed by atoms with van der Waals surface area (Å²) >= 11 is 0. The van der Waals surface area contributed by atoms with Crippen LogP contribution in [-0.2, 0) is 16.6 Å². The maximum atomic E-state index is 14.0. The van der Waals surface area contributed by atoms with Gasteiger partial charge in [0, 0.05) is 20.6 Å². The molecule has 9 heteroatoms. The van der Waals surface area contributed by atoms with Crippen molar-refractivity contribution in [3.05, 3.63) is 53.3 Å². The number of carbonyl (C=O) groups is 1. The molecule has 0 fully saturated rings. The van der Waals surface area contributed by atoms with E-state index in [-0.39, 0.29) is 23.8 Å². The Labute approximate surface area is 150 Å². The molecule has 1 aliphatic heterocycles. The summed E-state index contributed by atoms with van der Waals surface area (Å²) in [4.78, 5) is 12.2. The number of sulfonamides is 1. The first kappa shape index (κ1) is 18.2. The van der Waals surface area contributed by atoms with E-state index in [0.29, 0.717) is 11.5 Å². The SMILES string of the molecule is CN(C)S(=O)(=O)c1ccc(F)c(C(=O)NCc2ccc3c(c2)OCO3)c1. The molecule has 1 N–H and O–H groups in total. The molecule has 0 atom stereocenters. The molecule has 3 rings (SSSR count). The second-order valence-corrected chi connectivity index (χ2v) is 7.95. The van der Waals surface area contributed by atoms with Crippen molar-refractivity contribution in [2.45, 2.75) is 11.4 Å². The van der Waals surface area contributed by atoms with Crippen molar-refractivity contribution in [1.82, 2.24) is 9.62 Å². The van der Waals surface area contributed by atoms with Gasteiger partial charge in [0.2, 0.25) is 16.8 Å². The van der Waals surface area contributed by atoms with E-state index in [1.165, 1.54) is 14.1 Å². The lowest BCUT2D eigenvalue weighted by Gasteiger charge is -2.13. The van der Waals surface area contributed by atoms with Crippen molar-refractivity contribution in [1.29, 1.82) is 0 Å². The highest BCUT2D eigenvalue weighted by atomic mass is 32.2. The first-order valence-electron chi connectivity index (χ1n) is 7.68. The highest BCUT2D eigenvalue weighted by Gasteiger charge is 2.21. The van der Waals surface area contributed by atoms with E-state index >= 15 is 0 Å². The standard InChI is InChI=1S/C17H17FN2O5S/c1-20(2)26(22,23)12-4-5-14(18)13(8-12)17(21)19-9-11-3-6-15-16(7-11)25-10-24-15/h3-8H,9-10H2,1-2H3,(H,19,21). The van der Waals surface area contributed by atoms with Crippen LogP contribution in [-0.4, -0.2) is 39.5 Å². The third kappa shape index (κ3) is 3.49. The third-order valence-corrected chi connectivity index (χ3v) is 5.66. The normalized spacial score (nSPS) is 13.1. The smallest absolute Gasteiger partial charge is 0.254 e. The topological polar surface area (TPSA) is 84.9 Å². The number of hydrogen-bond donors (Lipinski definition) is 1. The summed E-state index contributed by atoms with van der Waals surface area (Å²) < 4.78 is 49.8. The number of amides is 1. The lowest BCUT2D eigenvalue weighted by atomic mass is 10.1. The molecule has 138 valence electrons. The van der Waals surface area contributed by atoms with Gasteiger partial charge in [-0.2, -0.15) is 0 Å². The van der Waals surface area contributed by atoms with Crippen molar-refractivity contribution >= 4 is 15.9 Å². The van der Waals surface area contributed by atoms with Gasteiger partial charge in [0.05, 0.1) is 10.5 Å². The van der Waals surface area contributed by atoms with E-state index in [1.54, 1.807) is 18.2 Å². The average molecular weight is 380 g/mol. The largest absolute Gasteiger partial charge is 0.454 e. The molecule has 1 aliphatic rings. The van der Waals surface area contributed by atoms with E-state index < -0.39 is 21.7 Å². The van der Waals surface area contributed by atoms with Gasteiger partial charge < -0.3 is 14.8 Å². The molecule has 0 aromatic heterocycles. The van der Waals surface area contributed by atoms with E-state index in [2.05, 4.69) is 5.32 Å². The third-order valence-electron chi connectivity index (χ3n) is 3.85. The fourth-order valence-corrected chi connectivity index (χ4v) is 3.31. The summed E-state index contributed by atoms with van der Waals surface area (Å²) in [5.74, 6) is -0.323. The maximum Gasteiger partial charge on any atom is 0.254 e. The summed E-state index contributed by atoms with van der Waals surface area (Å²) in [5.41, 5.74) is 0.397. The summed E-state index contributed by atoms with van der Waals surface area (Å²) in [6.45, 7) is 0.267. The second-order valence-electron chi connectivity index (χ2n) is 5.80. The van der Waals surface area contributed by atoms with Crippen LogP contribution in [0.1, 0.15) is 15.9 Å². The zero-order valence-corrected chi connectivity index (χ0v) is 15.0. The average Bonchev–Trinajstić information content (AvgIpc) is 3.07. The van der Waals surface area contributed by atoms with Gasteiger partial charge in [0.15, 0.2) is 11.5 Å². The number of nitrogens with one attached hydrogen (secondary N) is 1. The van der Waals surface area contributed by atoms with Gasteiger partial charge in [-0.15, -0.1) is 0 Å². The number of hydrogen-bond acceptors (Lipinski definition) is 5. The van der Waals surface area contributed by atoms with Crippen LogP contribution in [0, 0.1) is 5.82 Å². The first-order chi connectivity index (χ1) is 12.3. The Morgan fingerprint density at radius 1 is 1.15 bits per heavy atom. The molecular formula is C17H17FN2O5S. The van der Waals surface area contributed by atoms with Gasteiger partial charge >= 0.3 is 0 Å². The molecule has 7 nitrogen and oxygen atoms in total. The quantitative estimate of drug-likeness (QED) is 0.854. The van der Waals surface area contributed by atoms with Gasteiger partial charge in [-0.05, 0) is 35.9 Å². The summed E-state index contributed by atoms with van der Waals surface area (Å²) in [6.07, 6.45) is 0. The Bertz CT molecular complexity index is 960. The predicted molar refractivity (Wildman–Crippen MR) is 91.0 cm³/mol. The Balaban J connectivity index is 1.77. The number of halogens is 1. The molecule has 1 amide bonds. The first-order valence-corrected chi connectivity index (χ1v) is 9.12. The Morgan fingerprint density at radius 2 is 1.88 bits per heavy atom. The van der Waals surface area contributed by atoms with E-state index in [4.69, 9.17) is 9.47 Å². The fourth-order valence-electron chi connectivity index (χ4n) is 2.38. The highest BCUT2D eigenvalue weighted by Crippen LogP contribution is 2.32. The molecule has 0 bridgehead atoms. The van der Waals surface area contributed by atoms with E-state index in [1.807, 2.05) is 0 Å². The molecule has 26 heavy (non-hydrogen) atoms. The van der Waals surface area contributed by atoms with Crippen LogP contribution in [0.2, 0.25) is 0 Å². The fraction of sp³-hybridized carbons (Fsp3) is 0.235. The Kier molecular flexibility index (Phi) is 4.84. The molecule has 2 aromatic carbocycles. The van der Waals surface area contributed by atoms with E-state index in [9.17, 15) is 17.6 Å². The molecule has 2 aromatic rings. The summed E-state index contributed by atoms with van der Waals surface area (Å²) in [5, 5.41) is 2.57. The van der Waals surface area contributed by atoms with Crippen LogP contribution in [0.3, 0.4) is 0 Å². The van der Waals surface area contributed by atoms with Crippen LogP contribution >= 0.6 is 0 Å². The summed E-state index contributed by atoms with van der Waals surface area (Å²) in [7, 11) is -1.05. The van der Waals surface area contributed by atoms with Gasteiger partial charge in [-0.3, -0.25) is 4.79 Å². The van der Waals surface area contributed by atoms with Crippen LogP contribution in [0.25, 0.3) is 0 Å². The van der Waals surface area contributed by atoms with Crippen molar-refractivity contribution in [3.63, 3.8) is 0 Å². The lowest BCUT2D eigenvalue weighted by Crippen LogP contribution is -2.26. The Morgan fingerprint density at radius 3 is 2.62 bits per heavy atom. The molecule has 0 saturated heterocycles. The molecule has 0 radical (unpaired) electrons. The highest BCUT2D eigenvalue weighted by molar-refractivity contribution is 7.89. The zero-order chi connectivity index (χ0) is 18.9. The number of carbonyl (C=O) groups excluding carboxylic acids is 1. The van der Waals surface area contributed by atoms with Crippen molar-refractivity contribution in [2.75, 3.05) is 20.9 Å². The Hall–Kier alpha value is -2.65. The molecule has 0 aliphatic carbocycles. The monoisotopic (exact) mass is 380 g/mol. The van der Waals surface area contributed by atoms with E-state index in [0.717, 1.165) is 28.1 Å². The van der Waals surface area contributed by atoms with Gasteiger partial charge in [-0.25, -0.2) is 17.1 Å². The number of fused-ring (bicyclic) bond motifs is 1. The minimum atomic E-state index is -3.77. The number of nitrogens with zero attached hydrogens (tertiary/aromatic N) is 1. The lowest BCUT2D eigenvalue weighted by molar-refractivity contribution is 0.0946. The van der Waals surface area contributed by atoms with Gasteiger partial charge in [0.1, 0.15) is 5.82 Å². The maximum absolute atomic E-state index is 14.0. The molecular weight excluding hydrogens is 363 g/mol. The zero-order valence-electron chi connectivity index (χ0n) is 14.2. The summed E-state index contributed by atoms with van der Waals surface area (Å²) in [6, 6.07) is 8.29. The second kappa shape index (κ2) is 6.93. The van der Waals surface area contributed by atoms with Gasteiger partial charge in [0.25, 0.3) is 5.91 Å². The predicted octanol–water partition coefficient (Wildman–Crippen LogP) is 1.73. The van der Waals surface area contributed by atoms with Crippen LogP contribution < -0.4 is 14.8 Å². The van der Waals surface area contributed by atoms with Crippen LogP contribution in [0.15, 0.2) is 41.3 Å². The van der Waals surface area contributed by atoms with Gasteiger partial charge in [-0.1, -0.05) is 6.07 Å². The molecule has 0 saturated carbocycles. The van der Waals surface area contributed by atoms with Crippen molar-refractivity contribution in [3.8, 4) is 11.5 Å².